The lowest BCUT2D eigenvalue weighted by Crippen LogP contribution is -1.99. The highest BCUT2D eigenvalue weighted by atomic mass is 32.2. The third-order valence-corrected chi connectivity index (χ3v) is 6.34. The summed E-state index contributed by atoms with van der Waals surface area (Å²) in [4.78, 5) is -0.0143. The van der Waals surface area contributed by atoms with Gasteiger partial charge in [-0.3, -0.25) is 4.55 Å². The highest BCUT2D eigenvalue weighted by Gasteiger charge is 2.12. The monoisotopic (exact) mass is 404 g/mol. The number of rotatable bonds is 13. The van der Waals surface area contributed by atoms with Crippen LogP contribution in [0.5, 0.6) is 0 Å². The van der Waals surface area contributed by atoms with Crippen LogP contribution in [0, 0.1) is 0 Å². The van der Waals surface area contributed by atoms with E-state index in [1.165, 1.54) is 75.0 Å². The maximum absolute atomic E-state index is 11.6. The lowest BCUT2D eigenvalue weighted by Gasteiger charge is -2.12. The van der Waals surface area contributed by atoms with Gasteiger partial charge in [-0.15, -0.1) is 0 Å². The van der Waals surface area contributed by atoms with Gasteiger partial charge in [-0.25, -0.2) is 0 Å². The van der Waals surface area contributed by atoms with Crippen molar-refractivity contribution >= 4 is 20.9 Å². The van der Waals surface area contributed by atoms with Crippen molar-refractivity contribution in [1.82, 2.24) is 0 Å². The van der Waals surface area contributed by atoms with E-state index in [2.05, 4.69) is 26.0 Å². The van der Waals surface area contributed by atoms with Crippen molar-refractivity contribution < 1.29 is 13.0 Å². The predicted molar refractivity (Wildman–Crippen MR) is 119 cm³/mol. The molecule has 0 spiro atoms. The number of benzene rings is 2. The molecule has 0 saturated heterocycles. The average Bonchev–Trinajstić information content (AvgIpc) is 2.66. The van der Waals surface area contributed by atoms with E-state index in [4.69, 9.17) is 0 Å². The Balaban J connectivity index is 2.21. The molecule has 4 heteroatoms. The Morgan fingerprint density at radius 1 is 0.750 bits per heavy atom. The van der Waals surface area contributed by atoms with Crippen LogP contribution in [0.1, 0.15) is 89.2 Å². The highest BCUT2D eigenvalue weighted by Crippen LogP contribution is 2.27. The Hall–Kier alpha value is -1.39. The zero-order chi connectivity index (χ0) is 20.4. The van der Waals surface area contributed by atoms with Crippen molar-refractivity contribution in [2.45, 2.75) is 95.8 Å². The Morgan fingerprint density at radius 3 is 1.96 bits per heavy atom. The van der Waals surface area contributed by atoms with Crippen LogP contribution in [0.3, 0.4) is 0 Å². The van der Waals surface area contributed by atoms with E-state index < -0.39 is 10.1 Å². The van der Waals surface area contributed by atoms with Crippen molar-refractivity contribution in [2.75, 3.05) is 0 Å². The predicted octanol–water partition coefficient (Wildman–Crippen LogP) is 7.11. The van der Waals surface area contributed by atoms with E-state index in [0.717, 1.165) is 30.0 Å². The van der Waals surface area contributed by atoms with Crippen LogP contribution in [0.2, 0.25) is 0 Å². The van der Waals surface area contributed by atoms with Crippen molar-refractivity contribution in [2.24, 2.45) is 0 Å². The molecule has 156 valence electrons. The molecule has 0 aliphatic carbocycles. The van der Waals surface area contributed by atoms with E-state index in [1.54, 1.807) is 6.07 Å². The molecule has 28 heavy (non-hydrogen) atoms. The van der Waals surface area contributed by atoms with Crippen LogP contribution in [0.25, 0.3) is 10.8 Å². The molecule has 0 radical (unpaired) electrons. The minimum absolute atomic E-state index is 0.0143. The Morgan fingerprint density at radius 2 is 1.36 bits per heavy atom. The van der Waals surface area contributed by atoms with Gasteiger partial charge in [0.05, 0.1) is 4.90 Å². The lowest BCUT2D eigenvalue weighted by molar-refractivity contribution is 0.483. The smallest absolute Gasteiger partial charge is 0.282 e. The van der Waals surface area contributed by atoms with E-state index >= 15 is 0 Å². The van der Waals surface area contributed by atoms with Crippen molar-refractivity contribution in [3.63, 3.8) is 0 Å². The first-order chi connectivity index (χ1) is 13.5. The molecule has 1 N–H and O–H groups in total. The molecule has 0 aliphatic rings. The summed E-state index contributed by atoms with van der Waals surface area (Å²) in [5, 5.41) is 2.03. The van der Waals surface area contributed by atoms with Gasteiger partial charge in [0.2, 0.25) is 0 Å². The van der Waals surface area contributed by atoms with Gasteiger partial charge < -0.3 is 0 Å². The molecule has 0 saturated carbocycles. The number of aryl methyl sites for hydroxylation is 2. The third-order valence-electron chi connectivity index (χ3n) is 5.49. The van der Waals surface area contributed by atoms with Crippen molar-refractivity contribution in [3.8, 4) is 0 Å². The second kappa shape index (κ2) is 11.6. The molecule has 3 nitrogen and oxygen atoms in total. The summed E-state index contributed by atoms with van der Waals surface area (Å²) in [6, 6.07) is 9.42. The molecule has 2 rings (SSSR count). The topological polar surface area (TPSA) is 54.4 Å². The standard InChI is InChI=1S/C24H36O3S/c1-3-5-7-9-11-13-20-17-21(14-12-10-8-6-4-2)24-19-23(28(25,26)27)16-15-22(24)18-20/h15-19H,3-14H2,1-2H3,(H,25,26,27). The van der Waals surface area contributed by atoms with E-state index in [0.29, 0.717) is 0 Å². The summed E-state index contributed by atoms with van der Waals surface area (Å²) in [6.07, 6.45) is 14.4. The number of hydrogen-bond donors (Lipinski definition) is 1. The molecule has 0 fully saturated rings. The van der Waals surface area contributed by atoms with Gasteiger partial charge in [-0.05, 0) is 59.7 Å². The van der Waals surface area contributed by atoms with Gasteiger partial charge in [0.15, 0.2) is 0 Å². The van der Waals surface area contributed by atoms with Gasteiger partial charge in [0.1, 0.15) is 0 Å². The second-order valence-corrected chi connectivity index (χ2v) is 9.36. The van der Waals surface area contributed by atoms with Crippen LogP contribution in [0.4, 0.5) is 0 Å². The Kier molecular flexibility index (Phi) is 9.46. The Labute approximate surface area is 171 Å². The first-order valence-corrected chi connectivity index (χ1v) is 12.4. The fourth-order valence-electron chi connectivity index (χ4n) is 3.85. The number of fused-ring (bicyclic) bond motifs is 1. The fraction of sp³-hybridized carbons (Fsp3) is 0.583. The fourth-order valence-corrected chi connectivity index (χ4v) is 4.35. The van der Waals surface area contributed by atoms with Gasteiger partial charge in [0, 0.05) is 0 Å². The second-order valence-electron chi connectivity index (χ2n) is 7.94. The zero-order valence-corrected chi connectivity index (χ0v) is 18.4. The SMILES string of the molecule is CCCCCCCc1cc(CCCCCCC)c2cc(S(=O)(=O)O)ccc2c1. The first kappa shape index (κ1) is 22.9. The Bertz CT molecular complexity index is 840. The third kappa shape index (κ3) is 7.21. The van der Waals surface area contributed by atoms with Gasteiger partial charge in [-0.1, -0.05) is 83.4 Å². The van der Waals surface area contributed by atoms with Crippen molar-refractivity contribution in [1.29, 1.82) is 0 Å². The summed E-state index contributed by atoms with van der Waals surface area (Å²) >= 11 is 0. The summed E-state index contributed by atoms with van der Waals surface area (Å²) in [7, 11) is -4.18. The lowest BCUT2D eigenvalue weighted by atomic mass is 9.94. The van der Waals surface area contributed by atoms with E-state index in [1.807, 2.05) is 6.07 Å². The van der Waals surface area contributed by atoms with Crippen LogP contribution < -0.4 is 0 Å². The molecule has 0 unspecified atom stereocenters. The average molecular weight is 405 g/mol. The summed E-state index contributed by atoms with van der Waals surface area (Å²) in [5.41, 5.74) is 2.55. The molecular weight excluding hydrogens is 368 g/mol. The summed E-state index contributed by atoms with van der Waals surface area (Å²) in [6.45, 7) is 4.45. The van der Waals surface area contributed by atoms with E-state index in [9.17, 15) is 13.0 Å². The molecule has 0 atom stereocenters. The molecule has 0 aliphatic heterocycles. The number of hydrogen-bond acceptors (Lipinski definition) is 2. The molecular formula is C24H36O3S. The van der Waals surface area contributed by atoms with Crippen molar-refractivity contribution in [3.05, 3.63) is 41.5 Å². The highest BCUT2D eigenvalue weighted by molar-refractivity contribution is 7.85. The van der Waals surface area contributed by atoms with Gasteiger partial charge in [-0.2, -0.15) is 8.42 Å². The van der Waals surface area contributed by atoms with Gasteiger partial charge in [0.25, 0.3) is 10.1 Å². The first-order valence-electron chi connectivity index (χ1n) is 11.0. The van der Waals surface area contributed by atoms with Gasteiger partial charge >= 0.3 is 0 Å². The van der Waals surface area contributed by atoms with Crippen LogP contribution in [-0.4, -0.2) is 13.0 Å². The van der Waals surface area contributed by atoms with Crippen LogP contribution in [0.15, 0.2) is 35.2 Å². The molecule has 0 aromatic heterocycles. The zero-order valence-electron chi connectivity index (χ0n) is 17.5. The maximum atomic E-state index is 11.6. The molecule has 2 aromatic carbocycles. The molecule has 0 heterocycles. The van der Waals surface area contributed by atoms with Crippen LogP contribution >= 0.6 is 0 Å². The summed E-state index contributed by atoms with van der Waals surface area (Å²) < 4.78 is 32.6. The maximum Gasteiger partial charge on any atom is 0.294 e. The minimum Gasteiger partial charge on any atom is -0.282 e. The normalized spacial score (nSPS) is 12.0. The summed E-state index contributed by atoms with van der Waals surface area (Å²) in [5.74, 6) is 0. The molecule has 2 aromatic rings. The van der Waals surface area contributed by atoms with Crippen LogP contribution in [-0.2, 0) is 23.0 Å². The molecule has 0 amide bonds. The number of unbranched alkanes of at least 4 members (excludes halogenated alkanes) is 8. The van der Waals surface area contributed by atoms with E-state index in [-0.39, 0.29) is 4.90 Å². The largest absolute Gasteiger partial charge is 0.294 e. The quantitative estimate of drug-likeness (QED) is 0.286. The molecule has 0 bridgehead atoms. The minimum atomic E-state index is -4.18.